The molecule has 6 heteroatoms. The summed E-state index contributed by atoms with van der Waals surface area (Å²) in [6.45, 7) is 0. The monoisotopic (exact) mass is 719 g/mol. The Bertz CT molecular complexity index is 3390. The highest BCUT2D eigenvalue weighted by molar-refractivity contribution is 7.17. The van der Waals surface area contributed by atoms with Crippen molar-refractivity contribution in [2.45, 2.75) is 0 Å². The van der Waals surface area contributed by atoms with Crippen molar-refractivity contribution >= 4 is 70.6 Å². The Labute approximate surface area is 319 Å². The largest absolute Gasteiger partial charge is 0.309 e. The predicted octanol–water partition coefficient (Wildman–Crippen LogP) is 12.8. The Kier molecular flexibility index (Phi) is 6.44. The molecule has 0 aliphatic rings. The highest BCUT2D eigenvalue weighted by atomic mass is 32.1. The van der Waals surface area contributed by atoms with Crippen molar-refractivity contribution in [1.82, 2.24) is 23.9 Å². The van der Waals surface area contributed by atoms with E-state index in [-0.39, 0.29) is 0 Å². The number of para-hydroxylation sites is 3. The molecular weight excluding hydrogens is 691 g/mol. The number of hydrogen-bond acceptors (Lipinski definition) is 4. The van der Waals surface area contributed by atoms with E-state index in [2.05, 4.69) is 166 Å². The third-order valence-electron chi connectivity index (χ3n) is 11.0. The van der Waals surface area contributed by atoms with Crippen LogP contribution in [0.4, 0.5) is 0 Å². The van der Waals surface area contributed by atoms with Gasteiger partial charge in [0.25, 0.3) is 0 Å². The Morgan fingerprint density at radius 1 is 0.364 bits per heavy atom. The van der Waals surface area contributed by atoms with Gasteiger partial charge in [-0.15, -0.1) is 11.3 Å². The van der Waals surface area contributed by atoms with Crippen LogP contribution in [0, 0.1) is 0 Å². The van der Waals surface area contributed by atoms with Gasteiger partial charge in [-0.3, -0.25) is 4.40 Å². The molecule has 0 fully saturated rings. The standard InChI is InChI=1S/C49H29N5S/c1-2-12-30(13-3-1)46-50-47(52-48(51-46)33-16-11-17-35(27-33)53-42-21-7-4-18-36(42)37-19-5-8-22-43(37)53)32-15-10-14-31(26-32)34-28-40-38-20-6-9-23-44(38)54-45(40)41(29-34)39-24-25-55-49(39)54/h1-29H. The average molecular weight is 720 g/mol. The summed E-state index contributed by atoms with van der Waals surface area (Å²) in [5.74, 6) is 1.90. The summed E-state index contributed by atoms with van der Waals surface area (Å²) in [4.78, 5) is 16.7. The number of thiophene rings is 1. The maximum atomic E-state index is 5.20. The van der Waals surface area contributed by atoms with Crippen LogP contribution in [-0.4, -0.2) is 23.9 Å². The zero-order valence-electron chi connectivity index (χ0n) is 29.4. The second-order valence-corrected chi connectivity index (χ2v) is 15.0. The van der Waals surface area contributed by atoms with Gasteiger partial charge >= 0.3 is 0 Å². The first-order valence-corrected chi connectivity index (χ1v) is 19.3. The Hall–Kier alpha value is -7.15. The molecule has 12 rings (SSSR count). The normalized spacial score (nSPS) is 12.0. The van der Waals surface area contributed by atoms with Crippen molar-refractivity contribution in [2.24, 2.45) is 0 Å². The Morgan fingerprint density at radius 2 is 0.891 bits per heavy atom. The molecule has 0 aliphatic carbocycles. The lowest BCUT2D eigenvalue weighted by atomic mass is 9.98. The second kappa shape index (κ2) is 11.7. The van der Waals surface area contributed by atoms with Gasteiger partial charge in [-0.2, -0.15) is 0 Å². The minimum absolute atomic E-state index is 0.629. The van der Waals surface area contributed by atoms with Crippen LogP contribution in [0.5, 0.6) is 0 Å². The van der Waals surface area contributed by atoms with Crippen molar-refractivity contribution in [1.29, 1.82) is 0 Å². The quantitative estimate of drug-likeness (QED) is 0.178. The van der Waals surface area contributed by atoms with Gasteiger partial charge in [-0.1, -0.05) is 115 Å². The number of aromatic nitrogens is 5. The van der Waals surface area contributed by atoms with Crippen LogP contribution >= 0.6 is 11.3 Å². The minimum atomic E-state index is 0.629. The first-order valence-electron chi connectivity index (χ1n) is 18.4. The molecule has 7 aromatic carbocycles. The van der Waals surface area contributed by atoms with E-state index in [1.807, 2.05) is 18.2 Å². The van der Waals surface area contributed by atoms with Gasteiger partial charge in [0.05, 0.1) is 22.1 Å². The number of rotatable bonds is 5. The molecule has 0 bridgehead atoms. The van der Waals surface area contributed by atoms with Gasteiger partial charge in [-0.05, 0) is 71.1 Å². The molecule has 256 valence electrons. The molecule has 0 saturated heterocycles. The zero-order chi connectivity index (χ0) is 36.0. The molecule has 0 unspecified atom stereocenters. The van der Waals surface area contributed by atoms with Crippen molar-refractivity contribution in [3.05, 3.63) is 175 Å². The van der Waals surface area contributed by atoms with Gasteiger partial charge in [0, 0.05) is 54.7 Å². The summed E-state index contributed by atoms with van der Waals surface area (Å²) in [7, 11) is 0. The van der Waals surface area contributed by atoms with Crippen LogP contribution in [0.15, 0.2) is 175 Å². The van der Waals surface area contributed by atoms with Crippen molar-refractivity contribution in [3.8, 4) is 51.0 Å². The number of fused-ring (bicyclic) bond motifs is 9. The van der Waals surface area contributed by atoms with E-state index in [1.165, 1.54) is 53.7 Å². The van der Waals surface area contributed by atoms with Crippen LogP contribution in [0.2, 0.25) is 0 Å². The lowest BCUT2D eigenvalue weighted by molar-refractivity contribution is 1.07. The highest BCUT2D eigenvalue weighted by Gasteiger charge is 2.20. The number of benzene rings is 7. The second-order valence-electron chi connectivity index (χ2n) is 14.1. The van der Waals surface area contributed by atoms with E-state index >= 15 is 0 Å². The molecule has 0 spiro atoms. The molecular formula is C49H29N5S. The van der Waals surface area contributed by atoms with E-state index < -0.39 is 0 Å². The molecule has 0 radical (unpaired) electrons. The highest BCUT2D eigenvalue weighted by Crippen LogP contribution is 2.43. The molecule has 0 saturated carbocycles. The van der Waals surface area contributed by atoms with Crippen LogP contribution in [0.3, 0.4) is 0 Å². The lowest BCUT2D eigenvalue weighted by Gasteiger charge is -2.12. The van der Waals surface area contributed by atoms with Crippen LogP contribution in [0.25, 0.3) is 110 Å². The van der Waals surface area contributed by atoms with E-state index in [0.29, 0.717) is 17.5 Å². The molecule has 0 amide bonds. The molecule has 5 nitrogen and oxygen atoms in total. The number of hydrogen-bond donors (Lipinski definition) is 0. The molecule has 5 aromatic heterocycles. The fourth-order valence-corrected chi connectivity index (χ4v) is 9.47. The Morgan fingerprint density at radius 3 is 1.60 bits per heavy atom. The molecule has 0 N–H and O–H groups in total. The first kappa shape index (κ1) is 30.3. The van der Waals surface area contributed by atoms with Crippen molar-refractivity contribution in [2.75, 3.05) is 0 Å². The van der Waals surface area contributed by atoms with Crippen LogP contribution < -0.4 is 0 Å². The SMILES string of the molecule is c1ccc(-c2nc(-c3cccc(-c4cc5c6ccccc6n6c7sccc7c(c4)c56)c3)nc(-c3cccc(-n4c5ccccc5c5ccccc54)c3)n2)cc1. The average Bonchev–Trinajstić information content (AvgIpc) is 4.02. The van der Waals surface area contributed by atoms with E-state index in [1.54, 1.807) is 11.3 Å². The topological polar surface area (TPSA) is 48.0 Å². The van der Waals surface area contributed by atoms with Gasteiger partial charge in [0.2, 0.25) is 0 Å². The fourth-order valence-electron chi connectivity index (χ4n) is 8.53. The minimum Gasteiger partial charge on any atom is -0.309 e. The maximum Gasteiger partial charge on any atom is 0.164 e. The summed E-state index contributed by atoms with van der Waals surface area (Å²) in [5, 5.41) is 9.78. The third kappa shape index (κ3) is 4.55. The molecule has 55 heavy (non-hydrogen) atoms. The van der Waals surface area contributed by atoms with Crippen molar-refractivity contribution in [3.63, 3.8) is 0 Å². The van der Waals surface area contributed by atoms with Gasteiger partial charge in [-0.25, -0.2) is 15.0 Å². The van der Waals surface area contributed by atoms with Gasteiger partial charge < -0.3 is 4.57 Å². The molecule has 12 aromatic rings. The third-order valence-corrected chi connectivity index (χ3v) is 11.9. The van der Waals surface area contributed by atoms with E-state index in [4.69, 9.17) is 15.0 Å². The fraction of sp³-hybridized carbons (Fsp3) is 0. The van der Waals surface area contributed by atoms with Gasteiger partial charge in [0.15, 0.2) is 17.5 Å². The summed E-state index contributed by atoms with van der Waals surface area (Å²) in [6.07, 6.45) is 0. The Balaban J connectivity index is 1.03. The predicted molar refractivity (Wildman–Crippen MR) is 228 cm³/mol. The molecule has 0 aliphatic heterocycles. The zero-order valence-corrected chi connectivity index (χ0v) is 30.2. The molecule has 0 atom stereocenters. The summed E-state index contributed by atoms with van der Waals surface area (Å²) in [5.41, 5.74) is 11.0. The summed E-state index contributed by atoms with van der Waals surface area (Å²) < 4.78 is 4.77. The summed E-state index contributed by atoms with van der Waals surface area (Å²) in [6, 6.07) is 60.2. The van der Waals surface area contributed by atoms with Crippen molar-refractivity contribution < 1.29 is 0 Å². The van der Waals surface area contributed by atoms with E-state index in [0.717, 1.165) is 39.0 Å². The smallest absolute Gasteiger partial charge is 0.164 e. The van der Waals surface area contributed by atoms with Crippen LogP contribution in [-0.2, 0) is 0 Å². The number of nitrogens with zero attached hydrogens (tertiary/aromatic N) is 5. The summed E-state index contributed by atoms with van der Waals surface area (Å²) >= 11 is 1.80. The maximum absolute atomic E-state index is 5.20. The first-order chi connectivity index (χ1) is 27.3. The lowest BCUT2D eigenvalue weighted by Crippen LogP contribution is -2.01. The van der Waals surface area contributed by atoms with Gasteiger partial charge in [0.1, 0.15) is 4.83 Å². The molecule has 5 heterocycles. The van der Waals surface area contributed by atoms with E-state index in [9.17, 15) is 0 Å². The van der Waals surface area contributed by atoms with Crippen LogP contribution in [0.1, 0.15) is 0 Å².